The Morgan fingerprint density at radius 2 is 1.88 bits per heavy atom. The van der Waals surface area contributed by atoms with Crippen molar-refractivity contribution in [2.24, 2.45) is 5.11 Å². The monoisotopic (exact) mass is 614 g/mol. The molecule has 2 heterocycles. The zero-order chi connectivity index (χ0) is 31.0. The minimum atomic E-state index is -2.45. The molecule has 1 N–H and O–H groups in total. The van der Waals surface area contributed by atoms with Gasteiger partial charge in [0.2, 0.25) is 5.72 Å². The molecule has 4 rings (SSSR count). The maximum atomic E-state index is 16.1. The molecule has 1 saturated heterocycles. The number of nitrogens with one attached hydrogen (secondary N) is 1. The average Bonchev–Trinajstić information content (AvgIpc) is 3.26. The molecular weight excluding hydrogens is 591 g/mol. The van der Waals surface area contributed by atoms with Gasteiger partial charge < -0.3 is 24.3 Å². The molecule has 4 atom stereocenters. The van der Waals surface area contributed by atoms with Crippen LogP contribution in [0, 0.1) is 0 Å². The largest absolute Gasteiger partial charge is 0.465 e. The zero-order valence-electron chi connectivity index (χ0n) is 22.5. The number of alkyl halides is 1. The summed E-state index contributed by atoms with van der Waals surface area (Å²) >= 11 is 5.94. The second-order valence-corrected chi connectivity index (χ2v) is 9.36. The Kier molecular flexibility index (Phi) is 9.93. The van der Waals surface area contributed by atoms with E-state index in [9.17, 15) is 24.7 Å². The standard InChI is InChI=1S/C27H24ClFN6O8/c1-2-40-20(36)14-31-19-11-12-35(26(39)32-19)23-21(29)22(42-25(38)16-7-4-3-5-8-16)27(43-23,33-34-30)15-41-24(37)17-9-6-10-18(28)13-17/h3-13,21-23H,2,14-15H2,1H3,(H,31,32,39)/t21-,22?,23?,27+/m0/s1. The summed E-state index contributed by atoms with van der Waals surface area (Å²) in [6.45, 7) is 0.591. The number of benzene rings is 2. The van der Waals surface area contributed by atoms with Gasteiger partial charge in [0.25, 0.3) is 0 Å². The molecule has 3 aromatic rings. The molecule has 1 aliphatic heterocycles. The summed E-state index contributed by atoms with van der Waals surface area (Å²) in [6, 6.07) is 14.6. The summed E-state index contributed by atoms with van der Waals surface area (Å²) in [6.07, 6.45) is -5.04. The van der Waals surface area contributed by atoms with Crippen molar-refractivity contribution >= 4 is 35.3 Å². The lowest BCUT2D eigenvalue weighted by Gasteiger charge is -2.28. The fourth-order valence-corrected chi connectivity index (χ4v) is 4.30. The molecule has 0 aliphatic carbocycles. The van der Waals surface area contributed by atoms with Crippen molar-refractivity contribution in [1.29, 1.82) is 0 Å². The van der Waals surface area contributed by atoms with Gasteiger partial charge in [0, 0.05) is 16.1 Å². The number of ether oxygens (including phenoxy) is 4. The number of carbonyl (C=O) groups excluding carboxylic acids is 3. The smallest absolute Gasteiger partial charge is 0.351 e. The summed E-state index contributed by atoms with van der Waals surface area (Å²) in [7, 11) is 0. The highest BCUT2D eigenvalue weighted by molar-refractivity contribution is 6.30. The third-order valence-corrected chi connectivity index (χ3v) is 6.32. The average molecular weight is 615 g/mol. The van der Waals surface area contributed by atoms with Crippen LogP contribution in [0.1, 0.15) is 33.9 Å². The van der Waals surface area contributed by atoms with E-state index < -0.39 is 54.4 Å². The molecule has 0 amide bonds. The molecule has 2 aromatic carbocycles. The van der Waals surface area contributed by atoms with Crippen LogP contribution < -0.4 is 11.0 Å². The molecule has 1 aliphatic rings. The van der Waals surface area contributed by atoms with E-state index in [1.54, 1.807) is 25.1 Å². The quantitative estimate of drug-likeness (QED) is 0.109. The van der Waals surface area contributed by atoms with Crippen LogP contribution in [0.5, 0.6) is 0 Å². The number of aromatic nitrogens is 2. The van der Waals surface area contributed by atoms with E-state index in [1.807, 2.05) is 0 Å². The Morgan fingerprint density at radius 3 is 2.56 bits per heavy atom. The lowest BCUT2D eigenvalue weighted by molar-refractivity contribution is -0.140. The van der Waals surface area contributed by atoms with Gasteiger partial charge in [-0.1, -0.05) is 41.0 Å². The van der Waals surface area contributed by atoms with E-state index in [1.165, 1.54) is 42.5 Å². The summed E-state index contributed by atoms with van der Waals surface area (Å²) in [5.41, 5.74) is 5.98. The maximum Gasteiger partial charge on any atom is 0.351 e. The highest BCUT2D eigenvalue weighted by atomic mass is 35.5. The first-order chi connectivity index (χ1) is 20.7. The minimum Gasteiger partial charge on any atom is -0.465 e. The van der Waals surface area contributed by atoms with Gasteiger partial charge in [-0.2, -0.15) is 4.98 Å². The number of nitrogens with zero attached hydrogens (tertiary/aromatic N) is 5. The van der Waals surface area contributed by atoms with Crippen molar-refractivity contribution in [2.75, 3.05) is 25.1 Å². The number of esters is 3. The first kappa shape index (κ1) is 31.0. The second-order valence-electron chi connectivity index (χ2n) is 8.93. The van der Waals surface area contributed by atoms with Crippen molar-refractivity contribution < 1.29 is 37.7 Å². The molecule has 1 fully saturated rings. The molecule has 43 heavy (non-hydrogen) atoms. The van der Waals surface area contributed by atoms with Crippen LogP contribution in [-0.4, -0.2) is 65.2 Å². The van der Waals surface area contributed by atoms with Gasteiger partial charge in [0.1, 0.15) is 19.0 Å². The molecule has 0 saturated carbocycles. The first-order valence-corrected chi connectivity index (χ1v) is 13.1. The topological polar surface area (TPSA) is 184 Å². The van der Waals surface area contributed by atoms with Crippen molar-refractivity contribution in [3.8, 4) is 0 Å². The number of carbonyl (C=O) groups is 3. The minimum absolute atomic E-state index is 0.0217. The third-order valence-electron chi connectivity index (χ3n) is 6.08. The summed E-state index contributed by atoms with van der Waals surface area (Å²) in [4.78, 5) is 56.7. The number of anilines is 1. The van der Waals surface area contributed by atoms with Crippen LogP contribution in [0.4, 0.5) is 10.2 Å². The molecule has 0 spiro atoms. The van der Waals surface area contributed by atoms with E-state index in [0.29, 0.717) is 0 Å². The normalized spacial score (nSPS) is 20.9. The van der Waals surface area contributed by atoms with Crippen LogP contribution in [0.2, 0.25) is 5.02 Å². The fourth-order valence-electron chi connectivity index (χ4n) is 4.11. The van der Waals surface area contributed by atoms with Gasteiger partial charge in [0.05, 0.1) is 17.7 Å². The number of halogens is 2. The SMILES string of the molecule is CCOC(=O)CNc1ccn(C2O[C@@](COC(=O)c3cccc(Cl)c3)(N=[N+]=[N-])C(OC(=O)c3ccccc3)[C@@H]2F)c(=O)n1. The van der Waals surface area contributed by atoms with E-state index in [0.717, 1.165) is 10.8 Å². The fraction of sp³-hybridized carbons (Fsp3) is 0.296. The van der Waals surface area contributed by atoms with Gasteiger partial charge in [-0.15, -0.1) is 0 Å². The summed E-state index contributed by atoms with van der Waals surface area (Å²) < 4.78 is 38.1. The van der Waals surface area contributed by atoms with Crippen LogP contribution in [0.15, 0.2) is 76.8 Å². The molecule has 14 nitrogen and oxygen atoms in total. The number of azide groups is 1. The highest BCUT2D eigenvalue weighted by Gasteiger charge is 2.60. The number of hydrogen-bond acceptors (Lipinski definition) is 11. The Morgan fingerprint density at radius 1 is 1.14 bits per heavy atom. The maximum absolute atomic E-state index is 16.1. The predicted octanol–water partition coefficient (Wildman–Crippen LogP) is 3.83. The van der Waals surface area contributed by atoms with Crippen molar-refractivity contribution in [1.82, 2.24) is 9.55 Å². The zero-order valence-corrected chi connectivity index (χ0v) is 23.2. The van der Waals surface area contributed by atoms with Crippen molar-refractivity contribution in [3.63, 3.8) is 0 Å². The van der Waals surface area contributed by atoms with E-state index >= 15 is 4.39 Å². The van der Waals surface area contributed by atoms with Gasteiger partial charge in [-0.25, -0.2) is 18.8 Å². The van der Waals surface area contributed by atoms with Crippen LogP contribution in [0.3, 0.4) is 0 Å². The van der Waals surface area contributed by atoms with Crippen molar-refractivity contribution in [2.45, 2.75) is 31.2 Å². The van der Waals surface area contributed by atoms with Gasteiger partial charge in [-0.05, 0) is 48.9 Å². The Labute approximate surface area is 247 Å². The van der Waals surface area contributed by atoms with E-state index in [4.69, 9.17) is 30.5 Å². The molecular formula is C27H24ClFN6O8. The van der Waals surface area contributed by atoms with Crippen molar-refractivity contribution in [3.05, 3.63) is 104 Å². The predicted molar refractivity (Wildman–Crippen MR) is 148 cm³/mol. The van der Waals surface area contributed by atoms with Crippen LogP contribution in [0.25, 0.3) is 10.4 Å². The van der Waals surface area contributed by atoms with Crippen LogP contribution >= 0.6 is 11.6 Å². The number of hydrogen-bond donors (Lipinski definition) is 1. The Hall–Kier alpha value is -4.98. The number of rotatable bonds is 11. The van der Waals surface area contributed by atoms with Gasteiger partial charge >= 0.3 is 23.6 Å². The van der Waals surface area contributed by atoms with E-state index in [2.05, 4.69) is 20.3 Å². The lowest BCUT2D eigenvalue weighted by Crippen LogP contribution is -2.47. The molecule has 16 heteroatoms. The third kappa shape index (κ3) is 7.27. The van der Waals surface area contributed by atoms with Crippen LogP contribution in [-0.2, 0) is 23.7 Å². The lowest BCUT2D eigenvalue weighted by atomic mass is 10.1. The Balaban J connectivity index is 1.65. The second kappa shape index (κ2) is 13.8. The summed E-state index contributed by atoms with van der Waals surface area (Å²) in [5, 5.41) is 6.39. The Bertz CT molecular complexity index is 1600. The molecule has 0 bridgehead atoms. The van der Waals surface area contributed by atoms with Gasteiger partial charge in [-0.3, -0.25) is 9.36 Å². The molecule has 1 aromatic heterocycles. The molecule has 224 valence electrons. The van der Waals surface area contributed by atoms with Gasteiger partial charge in [0.15, 0.2) is 18.5 Å². The first-order valence-electron chi connectivity index (χ1n) is 12.7. The highest BCUT2D eigenvalue weighted by Crippen LogP contribution is 2.42. The molecule has 2 unspecified atom stereocenters. The molecule has 0 radical (unpaired) electrons. The van der Waals surface area contributed by atoms with E-state index in [-0.39, 0.29) is 35.1 Å². The summed E-state index contributed by atoms with van der Waals surface area (Å²) in [5.74, 6) is -2.54.